The van der Waals surface area contributed by atoms with Crippen LogP contribution in [0.4, 0.5) is 8.78 Å². The molecule has 1 unspecified atom stereocenters. The standard InChI is InChI=1S/C14H12F2/c15-10-14(16)13-8-6-12(7-9-13)11-4-2-1-3-5-11/h1-9,14H,10H2. The van der Waals surface area contributed by atoms with Crippen molar-refractivity contribution in [3.05, 3.63) is 60.2 Å². The van der Waals surface area contributed by atoms with Crippen LogP contribution in [0.2, 0.25) is 0 Å². The van der Waals surface area contributed by atoms with E-state index in [-0.39, 0.29) is 0 Å². The van der Waals surface area contributed by atoms with Crippen LogP contribution >= 0.6 is 0 Å². The molecule has 0 aromatic heterocycles. The largest absolute Gasteiger partial charge is 0.248 e. The zero-order chi connectivity index (χ0) is 11.4. The lowest BCUT2D eigenvalue weighted by Gasteiger charge is -2.05. The molecule has 0 fully saturated rings. The molecular weight excluding hydrogens is 206 g/mol. The SMILES string of the molecule is FCC(F)c1ccc(-c2ccccc2)cc1. The van der Waals surface area contributed by atoms with E-state index in [0.717, 1.165) is 11.1 Å². The van der Waals surface area contributed by atoms with Gasteiger partial charge in [0.1, 0.15) is 6.67 Å². The smallest absolute Gasteiger partial charge is 0.153 e. The molecule has 1 atom stereocenters. The summed E-state index contributed by atoms with van der Waals surface area (Å²) < 4.78 is 25.1. The quantitative estimate of drug-likeness (QED) is 0.719. The summed E-state index contributed by atoms with van der Waals surface area (Å²) in [5, 5.41) is 0. The van der Waals surface area contributed by atoms with Gasteiger partial charge in [0.05, 0.1) is 0 Å². The Morgan fingerprint density at radius 1 is 0.812 bits per heavy atom. The molecule has 16 heavy (non-hydrogen) atoms. The first-order valence-electron chi connectivity index (χ1n) is 5.16. The van der Waals surface area contributed by atoms with Gasteiger partial charge in [0.25, 0.3) is 0 Å². The fraction of sp³-hybridized carbons (Fsp3) is 0.143. The summed E-state index contributed by atoms with van der Waals surface area (Å²) in [7, 11) is 0. The number of alkyl halides is 2. The molecule has 82 valence electrons. The maximum Gasteiger partial charge on any atom is 0.153 e. The Kier molecular flexibility index (Phi) is 3.30. The molecule has 0 aliphatic rings. The van der Waals surface area contributed by atoms with E-state index >= 15 is 0 Å². The highest BCUT2D eigenvalue weighted by atomic mass is 19.2. The second-order valence-electron chi connectivity index (χ2n) is 3.61. The Balaban J connectivity index is 2.26. The van der Waals surface area contributed by atoms with Crippen LogP contribution in [0.1, 0.15) is 11.7 Å². The van der Waals surface area contributed by atoms with E-state index in [1.54, 1.807) is 12.1 Å². The first-order chi connectivity index (χ1) is 7.81. The van der Waals surface area contributed by atoms with Gasteiger partial charge in [-0.25, -0.2) is 8.78 Å². The molecule has 0 N–H and O–H groups in total. The Morgan fingerprint density at radius 2 is 1.38 bits per heavy atom. The zero-order valence-electron chi connectivity index (χ0n) is 8.74. The van der Waals surface area contributed by atoms with Gasteiger partial charge in [0.15, 0.2) is 6.17 Å². The van der Waals surface area contributed by atoms with Gasteiger partial charge in [0.2, 0.25) is 0 Å². The Labute approximate surface area is 93.5 Å². The predicted octanol–water partition coefficient (Wildman–Crippen LogP) is 4.33. The van der Waals surface area contributed by atoms with Crippen molar-refractivity contribution >= 4 is 0 Å². The second kappa shape index (κ2) is 4.88. The van der Waals surface area contributed by atoms with E-state index in [0.29, 0.717) is 5.56 Å². The van der Waals surface area contributed by atoms with Gasteiger partial charge in [-0.15, -0.1) is 0 Å². The van der Waals surface area contributed by atoms with Gasteiger partial charge in [0, 0.05) is 0 Å². The van der Waals surface area contributed by atoms with Gasteiger partial charge < -0.3 is 0 Å². The van der Waals surface area contributed by atoms with Gasteiger partial charge in [-0.05, 0) is 16.7 Å². The van der Waals surface area contributed by atoms with E-state index in [1.165, 1.54) is 0 Å². The molecule has 2 aromatic carbocycles. The lowest BCUT2D eigenvalue weighted by molar-refractivity contribution is 0.266. The number of hydrogen-bond acceptors (Lipinski definition) is 0. The summed E-state index contributed by atoms with van der Waals surface area (Å²) in [6.45, 7) is -0.968. The van der Waals surface area contributed by atoms with Gasteiger partial charge >= 0.3 is 0 Å². The topological polar surface area (TPSA) is 0 Å². The highest BCUT2D eigenvalue weighted by molar-refractivity contribution is 5.63. The fourth-order valence-electron chi connectivity index (χ4n) is 1.60. The fourth-order valence-corrected chi connectivity index (χ4v) is 1.60. The zero-order valence-corrected chi connectivity index (χ0v) is 8.74. The van der Waals surface area contributed by atoms with Crippen LogP contribution in [0.25, 0.3) is 11.1 Å². The maximum atomic E-state index is 13.0. The van der Waals surface area contributed by atoms with E-state index in [2.05, 4.69) is 0 Å². The van der Waals surface area contributed by atoms with Crippen LogP contribution in [-0.2, 0) is 0 Å². The van der Waals surface area contributed by atoms with E-state index in [9.17, 15) is 8.78 Å². The first-order valence-corrected chi connectivity index (χ1v) is 5.16. The number of hydrogen-bond donors (Lipinski definition) is 0. The molecule has 0 spiro atoms. The highest BCUT2D eigenvalue weighted by Gasteiger charge is 2.08. The third-order valence-electron chi connectivity index (χ3n) is 2.51. The van der Waals surface area contributed by atoms with Crippen LogP contribution in [0, 0.1) is 0 Å². The molecule has 0 aliphatic carbocycles. The van der Waals surface area contributed by atoms with E-state index in [4.69, 9.17) is 0 Å². The lowest BCUT2D eigenvalue weighted by atomic mass is 10.0. The van der Waals surface area contributed by atoms with Crippen molar-refractivity contribution < 1.29 is 8.78 Å². The average molecular weight is 218 g/mol. The van der Waals surface area contributed by atoms with E-state index < -0.39 is 12.8 Å². The van der Waals surface area contributed by atoms with Crippen molar-refractivity contribution in [3.8, 4) is 11.1 Å². The van der Waals surface area contributed by atoms with Gasteiger partial charge in [-0.2, -0.15) is 0 Å². The molecule has 0 amide bonds. The summed E-state index contributed by atoms with van der Waals surface area (Å²) >= 11 is 0. The van der Waals surface area contributed by atoms with Crippen molar-refractivity contribution in [2.45, 2.75) is 6.17 Å². The minimum absolute atomic E-state index is 0.391. The van der Waals surface area contributed by atoms with E-state index in [1.807, 2.05) is 42.5 Å². The number of rotatable bonds is 3. The molecule has 2 heteroatoms. The summed E-state index contributed by atoms with van der Waals surface area (Å²) in [6, 6.07) is 16.7. The van der Waals surface area contributed by atoms with Crippen molar-refractivity contribution in [1.82, 2.24) is 0 Å². The van der Waals surface area contributed by atoms with Crippen molar-refractivity contribution in [3.63, 3.8) is 0 Å². The molecule has 2 rings (SSSR count). The maximum absolute atomic E-state index is 13.0. The van der Waals surface area contributed by atoms with Crippen LogP contribution in [-0.4, -0.2) is 6.67 Å². The Hall–Kier alpha value is -1.70. The number of halogens is 2. The van der Waals surface area contributed by atoms with Crippen LogP contribution < -0.4 is 0 Å². The second-order valence-corrected chi connectivity index (χ2v) is 3.61. The molecule has 0 aliphatic heterocycles. The monoisotopic (exact) mass is 218 g/mol. The van der Waals surface area contributed by atoms with Gasteiger partial charge in [-0.3, -0.25) is 0 Å². The normalized spacial score (nSPS) is 12.4. The highest BCUT2D eigenvalue weighted by Crippen LogP contribution is 2.23. The Morgan fingerprint density at radius 3 is 1.94 bits per heavy atom. The van der Waals surface area contributed by atoms with Crippen molar-refractivity contribution in [2.75, 3.05) is 6.67 Å². The summed E-state index contributed by atoms with van der Waals surface area (Å²) in [5.74, 6) is 0. The molecule has 0 saturated carbocycles. The third kappa shape index (κ3) is 2.27. The molecule has 0 bridgehead atoms. The van der Waals surface area contributed by atoms with Crippen LogP contribution in [0.15, 0.2) is 54.6 Å². The number of benzene rings is 2. The van der Waals surface area contributed by atoms with Crippen molar-refractivity contribution in [1.29, 1.82) is 0 Å². The minimum Gasteiger partial charge on any atom is -0.248 e. The molecule has 0 saturated heterocycles. The van der Waals surface area contributed by atoms with Crippen LogP contribution in [0.3, 0.4) is 0 Å². The summed E-state index contributed by atoms with van der Waals surface area (Å²) in [4.78, 5) is 0. The molecular formula is C14H12F2. The molecule has 0 heterocycles. The minimum atomic E-state index is -1.51. The predicted molar refractivity (Wildman–Crippen MR) is 61.7 cm³/mol. The third-order valence-corrected chi connectivity index (χ3v) is 2.51. The molecule has 0 nitrogen and oxygen atoms in total. The lowest BCUT2D eigenvalue weighted by Crippen LogP contribution is -1.92. The summed E-state index contributed by atoms with van der Waals surface area (Å²) in [5.41, 5.74) is 2.47. The Bertz CT molecular complexity index is 434. The average Bonchev–Trinajstić information content (AvgIpc) is 2.39. The van der Waals surface area contributed by atoms with Gasteiger partial charge in [-0.1, -0.05) is 54.6 Å². The van der Waals surface area contributed by atoms with Crippen molar-refractivity contribution in [2.24, 2.45) is 0 Å². The molecule has 0 radical (unpaired) electrons. The van der Waals surface area contributed by atoms with Crippen LogP contribution in [0.5, 0.6) is 0 Å². The first kappa shape index (κ1) is 10.8. The molecule has 2 aromatic rings. The summed E-state index contributed by atoms with van der Waals surface area (Å²) in [6.07, 6.45) is -1.51.